The smallest absolute Gasteiger partial charge is 0 e. The summed E-state index contributed by atoms with van der Waals surface area (Å²) >= 11 is 0. The molecule has 0 radical (unpaired) electrons. The van der Waals surface area contributed by atoms with E-state index in [9.17, 15) is 0 Å². The standard InChI is InChI=1S/C7H4N.Pt/c8-6-7-4-2-1-3-5-7;/h1-4H;/q-1;. The molecule has 0 aliphatic rings. The number of nitriles is 1. The maximum Gasteiger partial charge on any atom is 0 e. The van der Waals surface area contributed by atoms with Crippen LogP contribution in [-0.2, 0) is 21.1 Å². The molecule has 48 valence electrons. The molecule has 1 aromatic rings. The number of benzene rings is 1. The molecule has 0 amide bonds. The summed E-state index contributed by atoms with van der Waals surface area (Å²) in [7, 11) is 0. The van der Waals surface area contributed by atoms with Gasteiger partial charge in [-0.1, -0.05) is 5.56 Å². The molecule has 0 bridgehead atoms. The SMILES string of the molecule is N#Cc1[c-]cccc1.[Pt]. The van der Waals surface area contributed by atoms with Crippen LogP contribution in [0.3, 0.4) is 0 Å². The van der Waals surface area contributed by atoms with Crippen molar-refractivity contribution in [3.63, 3.8) is 0 Å². The molecule has 0 spiro atoms. The number of rotatable bonds is 0. The van der Waals surface area contributed by atoms with Crippen molar-refractivity contribution in [1.29, 1.82) is 5.26 Å². The van der Waals surface area contributed by atoms with Crippen molar-refractivity contribution < 1.29 is 21.1 Å². The van der Waals surface area contributed by atoms with E-state index < -0.39 is 0 Å². The van der Waals surface area contributed by atoms with E-state index >= 15 is 0 Å². The number of hydrogen-bond donors (Lipinski definition) is 0. The monoisotopic (exact) mass is 297 g/mol. The van der Waals surface area contributed by atoms with Crippen molar-refractivity contribution in [3.05, 3.63) is 35.9 Å². The summed E-state index contributed by atoms with van der Waals surface area (Å²) in [4.78, 5) is 0. The first kappa shape index (κ1) is 8.40. The van der Waals surface area contributed by atoms with Gasteiger partial charge >= 0.3 is 0 Å². The molecule has 2 heteroatoms. The fourth-order valence-electron chi connectivity index (χ4n) is 0.463. The van der Waals surface area contributed by atoms with E-state index in [1.54, 1.807) is 12.1 Å². The summed E-state index contributed by atoms with van der Waals surface area (Å²) in [6.07, 6.45) is 0. The van der Waals surface area contributed by atoms with Crippen LogP contribution in [0.1, 0.15) is 5.56 Å². The minimum atomic E-state index is 0. The molecule has 1 rings (SSSR count). The average molecular weight is 297 g/mol. The zero-order chi connectivity index (χ0) is 5.82. The Balaban J connectivity index is 0.000000640. The molecule has 9 heavy (non-hydrogen) atoms. The quantitative estimate of drug-likeness (QED) is 0.663. The molecule has 1 nitrogen and oxygen atoms in total. The molecule has 0 aliphatic carbocycles. The second-order valence-electron chi connectivity index (χ2n) is 1.39. The third-order valence-corrected chi connectivity index (χ3v) is 0.830. The van der Waals surface area contributed by atoms with Crippen LogP contribution in [-0.4, -0.2) is 0 Å². The van der Waals surface area contributed by atoms with E-state index in [2.05, 4.69) is 6.07 Å². The van der Waals surface area contributed by atoms with Gasteiger partial charge in [0.2, 0.25) is 0 Å². The van der Waals surface area contributed by atoms with Crippen LogP contribution < -0.4 is 0 Å². The first-order chi connectivity index (χ1) is 3.93. The van der Waals surface area contributed by atoms with Crippen molar-refractivity contribution >= 4 is 0 Å². The van der Waals surface area contributed by atoms with Gasteiger partial charge in [0, 0.05) is 21.1 Å². The summed E-state index contributed by atoms with van der Waals surface area (Å²) in [5, 5.41) is 8.26. The summed E-state index contributed by atoms with van der Waals surface area (Å²) < 4.78 is 0. The molecule has 0 heterocycles. The van der Waals surface area contributed by atoms with Gasteiger partial charge in [-0.2, -0.15) is 0 Å². The summed E-state index contributed by atoms with van der Waals surface area (Å²) in [5.74, 6) is 0. The fraction of sp³-hybridized carbons (Fsp3) is 0. The Labute approximate surface area is 68.6 Å². The topological polar surface area (TPSA) is 23.8 Å². The maximum absolute atomic E-state index is 8.26. The second kappa shape index (κ2) is 4.29. The normalized spacial score (nSPS) is 7.00. The van der Waals surface area contributed by atoms with Crippen molar-refractivity contribution in [3.8, 4) is 6.07 Å². The Bertz CT molecular complexity index is 200. The molecule has 0 atom stereocenters. The van der Waals surface area contributed by atoms with E-state index in [4.69, 9.17) is 5.26 Å². The van der Waals surface area contributed by atoms with Crippen LogP contribution in [0.15, 0.2) is 24.3 Å². The Hall–Kier alpha value is -0.602. The average Bonchev–Trinajstić information content (AvgIpc) is 1.90. The predicted molar refractivity (Wildman–Crippen MR) is 30.0 cm³/mol. The number of nitrogens with zero attached hydrogens (tertiary/aromatic N) is 1. The van der Waals surface area contributed by atoms with Gasteiger partial charge in [-0.25, -0.2) is 0 Å². The molecular formula is C7H4NPt-. The molecule has 0 N–H and O–H groups in total. The van der Waals surface area contributed by atoms with Crippen molar-refractivity contribution in [1.82, 2.24) is 0 Å². The molecule has 0 aliphatic heterocycles. The van der Waals surface area contributed by atoms with Gasteiger partial charge in [0.1, 0.15) is 0 Å². The van der Waals surface area contributed by atoms with Gasteiger partial charge in [0.25, 0.3) is 0 Å². The van der Waals surface area contributed by atoms with E-state index in [1.807, 2.05) is 18.2 Å². The molecule has 0 saturated carbocycles. The summed E-state index contributed by atoms with van der Waals surface area (Å²) in [5.41, 5.74) is 0.590. The van der Waals surface area contributed by atoms with Gasteiger partial charge in [-0.05, 0) is 6.07 Å². The predicted octanol–water partition coefficient (Wildman–Crippen LogP) is 1.36. The van der Waals surface area contributed by atoms with Crippen LogP contribution in [0.4, 0.5) is 0 Å². The van der Waals surface area contributed by atoms with Gasteiger partial charge in [0.05, 0.1) is 0 Å². The molecule has 0 saturated heterocycles. The molecule has 0 aromatic heterocycles. The van der Waals surface area contributed by atoms with E-state index in [1.165, 1.54) is 0 Å². The molecule has 1 aromatic carbocycles. The number of hydrogen-bond acceptors (Lipinski definition) is 1. The Morgan fingerprint density at radius 2 is 2.22 bits per heavy atom. The third kappa shape index (κ3) is 2.44. The Morgan fingerprint density at radius 3 is 2.56 bits per heavy atom. The minimum absolute atomic E-state index is 0. The Kier molecular flexibility index (Phi) is 4.01. The van der Waals surface area contributed by atoms with Crippen molar-refractivity contribution in [2.24, 2.45) is 0 Å². The van der Waals surface area contributed by atoms with Gasteiger partial charge < -0.3 is 0 Å². The minimum Gasteiger partial charge on any atom is -0.262 e. The fourth-order valence-corrected chi connectivity index (χ4v) is 0.463. The largest absolute Gasteiger partial charge is 0.262 e. The van der Waals surface area contributed by atoms with E-state index in [-0.39, 0.29) is 21.1 Å². The first-order valence-electron chi connectivity index (χ1n) is 2.30. The van der Waals surface area contributed by atoms with E-state index in [0.29, 0.717) is 5.56 Å². The van der Waals surface area contributed by atoms with Gasteiger partial charge in [0.15, 0.2) is 0 Å². The van der Waals surface area contributed by atoms with Crippen LogP contribution in [0.2, 0.25) is 0 Å². The van der Waals surface area contributed by atoms with Gasteiger partial charge in [-0.15, -0.1) is 30.3 Å². The van der Waals surface area contributed by atoms with Crippen LogP contribution in [0, 0.1) is 17.4 Å². The summed E-state index contributed by atoms with van der Waals surface area (Å²) in [6, 6.07) is 11.8. The van der Waals surface area contributed by atoms with Crippen LogP contribution in [0.5, 0.6) is 0 Å². The van der Waals surface area contributed by atoms with Crippen LogP contribution >= 0.6 is 0 Å². The van der Waals surface area contributed by atoms with Gasteiger partial charge in [-0.3, -0.25) is 5.26 Å². The second-order valence-corrected chi connectivity index (χ2v) is 1.39. The summed E-state index contributed by atoms with van der Waals surface area (Å²) in [6.45, 7) is 0. The zero-order valence-electron chi connectivity index (χ0n) is 4.57. The van der Waals surface area contributed by atoms with Crippen LogP contribution in [0.25, 0.3) is 0 Å². The van der Waals surface area contributed by atoms with Crippen molar-refractivity contribution in [2.45, 2.75) is 0 Å². The maximum atomic E-state index is 8.26. The van der Waals surface area contributed by atoms with Crippen molar-refractivity contribution in [2.75, 3.05) is 0 Å². The zero-order valence-corrected chi connectivity index (χ0v) is 6.85. The first-order valence-corrected chi connectivity index (χ1v) is 2.30. The molecular weight excluding hydrogens is 293 g/mol. The molecule has 0 fully saturated rings. The Morgan fingerprint density at radius 1 is 1.44 bits per heavy atom. The van der Waals surface area contributed by atoms with E-state index in [0.717, 1.165) is 0 Å². The molecule has 0 unspecified atom stereocenters. The third-order valence-electron chi connectivity index (χ3n) is 0.830.